The van der Waals surface area contributed by atoms with Gasteiger partial charge >= 0.3 is 0 Å². The second-order valence-electron chi connectivity index (χ2n) is 4.65. The summed E-state index contributed by atoms with van der Waals surface area (Å²) in [6.07, 6.45) is 3.14. The number of nitrogens with one attached hydrogen (secondary N) is 1. The average Bonchev–Trinajstić information content (AvgIpc) is 2.35. The van der Waals surface area contributed by atoms with Crippen LogP contribution in [0.15, 0.2) is 24.3 Å². The van der Waals surface area contributed by atoms with Crippen molar-refractivity contribution in [2.24, 2.45) is 10.9 Å². The molecule has 0 unspecified atom stereocenters. The van der Waals surface area contributed by atoms with Crippen molar-refractivity contribution in [2.45, 2.75) is 31.4 Å². The van der Waals surface area contributed by atoms with Crippen molar-refractivity contribution in [2.75, 3.05) is 11.9 Å². The molecule has 0 radical (unpaired) electrons. The number of unbranched alkanes of at least 4 members (excludes halogenated alkanes) is 2. The fourth-order valence-electron chi connectivity index (χ4n) is 1.75. The Balaban J connectivity index is 2.43. The van der Waals surface area contributed by atoms with Gasteiger partial charge in [-0.3, -0.25) is 4.79 Å². The van der Waals surface area contributed by atoms with Crippen LogP contribution in [0.5, 0.6) is 0 Å². The standard InChI is InChI=1S/C13H21N3O3S/c14-9-3-1-2-4-13(17)16-12-7-5-11(6-8-12)10-20(15,18)19/h5-8H,1-4,9-10,14H2,(H,16,17)(H2,15,18,19). The topological polar surface area (TPSA) is 115 Å². The van der Waals surface area contributed by atoms with Gasteiger partial charge in [0.1, 0.15) is 0 Å². The molecule has 7 heteroatoms. The maximum absolute atomic E-state index is 11.6. The van der Waals surface area contributed by atoms with Gasteiger partial charge in [0.25, 0.3) is 0 Å². The summed E-state index contributed by atoms with van der Waals surface area (Å²) in [6, 6.07) is 6.60. The molecule has 0 atom stereocenters. The van der Waals surface area contributed by atoms with Gasteiger partial charge in [-0.2, -0.15) is 0 Å². The summed E-state index contributed by atoms with van der Waals surface area (Å²) in [7, 11) is -3.53. The molecule has 0 heterocycles. The quantitative estimate of drug-likeness (QED) is 0.619. The molecular weight excluding hydrogens is 278 g/mol. The third-order valence-corrected chi connectivity index (χ3v) is 3.45. The van der Waals surface area contributed by atoms with Crippen molar-refractivity contribution in [3.63, 3.8) is 0 Å². The summed E-state index contributed by atoms with van der Waals surface area (Å²) in [5, 5.41) is 7.72. The Morgan fingerprint density at radius 1 is 1.10 bits per heavy atom. The zero-order valence-electron chi connectivity index (χ0n) is 11.3. The van der Waals surface area contributed by atoms with E-state index in [1.54, 1.807) is 24.3 Å². The summed E-state index contributed by atoms with van der Waals surface area (Å²) in [6.45, 7) is 0.646. The van der Waals surface area contributed by atoms with Crippen molar-refractivity contribution in [1.82, 2.24) is 0 Å². The third kappa shape index (κ3) is 7.22. The van der Waals surface area contributed by atoms with E-state index in [1.165, 1.54) is 0 Å². The van der Waals surface area contributed by atoms with Crippen LogP contribution < -0.4 is 16.2 Å². The molecule has 1 rings (SSSR count). The summed E-state index contributed by atoms with van der Waals surface area (Å²) < 4.78 is 21.9. The molecule has 1 aromatic rings. The minimum Gasteiger partial charge on any atom is -0.330 e. The van der Waals surface area contributed by atoms with Crippen LogP contribution in [0.3, 0.4) is 0 Å². The molecule has 1 amide bonds. The number of amides is 1. The van der Waals surface area contributed by atoms with Gasteiger partial charge in [0.15, 0.2) is 0 Å². The Labute approximate surface area is 119 Å². The van der Waals surface area contributed by atoms with Gasteiger partial charge in [-0.25, -0.2) is 13.6 Å². The molecule has 0 aliphatic rings. The molecule has 20 heavy (non-hydrogen) atoms. The largest absolute Gasteiger partial charge is 0.330 e. The fraction of sp³-hybridized carbons (Fsp3) is 0.462. The van der Waals surface area contributed by atoms with Gasteiger partial charge in [-0.1, -0.05) is 18.6 Å². The average molecular weight is 299 g/mol. The lowest BCUT2D eigenvalue weighted by molar-refractivity contribution is -0.116. The number of carbonyl (C=O) groups is 1. The maximum Gasteiger partial charge on any atom is 0.224 e. The molecule has 1 aromatic carbocycles. The van der Waals surface area contributed by atoms with E-state index in [-0.39, 0.29) is 11.7 Å². The van der Waals surface area contributed by atoms with Crippen molar-refractivity contribution < 1.29 is 13.2 Å². The Morgan fingerprint density at radius 2 is 1.75 bits per heavy atom. The van der Waals surface area contributed by atoms with Crippen molar-refractivity contribution in [1.29, 1.82) is 0 Å². The van der Waals surface area contributed by atoms with E-state index >= 15 is 0 Å². The number of rotatable bonds is 8. The second-order valence-corrected chi connectivity index (χ2v) is 6.27. The molecule has 0 aliphatic heterocycles. The minimum absolute atomic E-state index is 0.0544. The summed E-state index contributed by atoms with van der Waals surface area (Å²) >= 11 is 0. The molecule has 112 valence electrons. The molecule has 6 nitrogen and oxygen atoms in total. The molecule has 0 bridgehead atoms. The maximum atomic E-state index is 11.6. The van der Waals surface area contributed by atoms with Crippen molar-refractivity contribution in [3.05, 3.63) is 29.8 Å². The zero-order chi connectivity index (χ0) is 15.0. The highest BCUT2D eigenvalue weighted by Crippen LogP contribution is 2.12. The number of hydrogen-bond donors (Lipinski definition) is 3. The van der Waals surface area contributed by atoms with Crippen molar-refractivity contribution >= 4 is 21.6 Å². The van der Waals surface area contributed by atoms with E-state index in [0.29, 0.717) is 24.2 Å². The zero-order valence-corrected chi connectivity index (χ0v) is 12.2. The Kier molecular flexibility index (Phi) is 6.63. The van der Waals surface area contributed by atoms with E-state index in [2.05, 4.69) is 5.32 Å². The van der Waals surface area contributed by atoms with E-state index in [1.807, 2.05) is 0 Å². The van der Waals surface area contributed by atoms with Gasteiger partial charge in [-0.05, 0) is 37.1 Å². The third-order valence-electron chi connectivity index (χ3n) is 2.71. The van der Waals surface area contributed by atoms with Crippen LogP contribution in [0.25, 0.3) is 0 Å². The molecule has 0 aliphatic carbocycles. The summed E-state index contributed by atoms with van der Waals surface area (Å²) in [5.41, 5.74) is 6.61. The first-order valence-electron chi connectivity index (χ1n) is 6.50. The highest BCUT2D eigenvalue weighted by molar-refractivity contribution is 7.88. The number of nitrogens with two attached hydrogens (primary N) is 2. The molecule has 0 aromatic heterocycles. The minimum atomic E-state index is -3.53. The SMILES string of the molecule is NCCCCCC(=O)Nc1ccc(CS(N)(=O)=O)cc1. The normalized spacial score (nSPS) is 11.3. The van der Waals surface area contributed by atoms with E-state index < -0.39 is 10.0 Å². The lowest BCUT2D eigenvalue weighted by Crippen LogP contribution is -2.14. The molecule has 0 saturated heterocycles. The molecule has 0 fully saturated rings. The number of primary sulfonamides is 1. The van der Waals surface area contributed by atoms with Gasteiger partial charge < -0.3 is 11.1 Å². The second kappa shape index (κ2) is 7.98. The van der Waals surface area contributed by atoms with Crippen molar-refractivity contribution in [3.8, 4) is 0 Å². The van der Waals surface area contributed by atoms with Crippen LogP contribution in [-0.2, 0) is 20.6 Å². The molecular formula is C13H21N3O3S. The van der Waals surface area contributed by atoms with E-state index in [0.717, 1.165) is 19.3 Å². The smallest absolute Gasteiger partial charge is 0.224 e. The lowest BCUT2D eigenvalue weighted by atomic mass is 10.2. The summed E-state index contributed by atoms with van der Waals surface area (Å²) in [5.74, 6) is -0.262. The van der Waals surface area contributed by atoms with Crippen LogP contribution in [0.1, 0.15) is 31.2 Å². The van der Waals surface area contributed by atoms with Gasteiger partial charge in [0.2, 0.25) is 15.9 Å². The monoisotopic (exact) mass is 299 g/mol. The Bertz CT molecular complexity index is 526. The number of hydrogen-bond acceptors (Lipinski definition) is 4. The predicted octanol–water partition coefficient (Wildman–Crippen LogP) is 0.933. The Morgan fingerprint density at radius 3 is 2.30 bits per heavy atom. The highest BCUT2D eigenvalue weighted by atomic mass is 32.2. The van der Waals surface area contributed by atoms with Crippen LogP contribution in [-0.4, -0.2) is 20.9 Å². The number of carbonyl (C=O) groups excluding carboxylic acids is 1. The van der Waals surface area contributed by atoms with Gasteiger partial charge in [0.05, 0.1) is 5.75 Å². The first-order chi connectivity index (χ1) is 9.40. The number of anilines is 1. The van der Waals surface area contributed by atoms with E-state index in [4.69, 9.17) is 10.9 Å². The predicted molar refractivity (Wildman–Crippen MR) is 79.4 cm³/mol. The Hall–Kier alpha value is -1.44. The summed E-state index contributed by atoms with van der Waals surface area (Å²) in [4.78, 5) is 11.6. The fourth-order valence-corrected chi connectivity index (χ4v) is 2.40. The van der Waals surface area contributed by atoms with E-state index in [9.17, 15) is 13.2 Å². The lowest BCUT2D eigenvalue weighted by Gasteiger charge is -2.06. The first kappa shape index (κ1) is 16.6. The van der Waals surface area contributed by atoms with Crippen LogP contribution >= 0.6 is 0 Å². The first-order valence-corrected chi connectivity index (χ1v) is 8.21. The number of benzene rings is 1. The number of sulfonamides is 1. The van der Waals surface area contributed by atoms with Crippen LogP contribution in [0.2, 0.25) is 0 Å². The van der Waals surface area contributed by atoms with Crippen LogP contribution in [0.4, 0.5) is 5.69 Å². The highest BCUT2D eigenvalue weighted by Gasteiger charge is 2.06. The molecule has 0 spiro atoms. The van der Waals surface area contributed by atoms with Crippen LogP contribution in [0, 0.1) is 0 Å². The van der Waals surface area contributed by atoms with Gasteiger partial charge in [0, 0.05) is 12.1 Å². The molecule has 0 saturated carbocycles. The molecule has 5 N–H and O–H groups in total. The van der Waals surface area contributed by atoms with Gasteiger partial charge in [-0.15, -0.1) is 0 Å².